The van der Waals surface area contributed by atoms with Crippen LogP contribution in [0, 0.1) is 5.82 Å². The Morgan fingerprint density at radius 3 is 2.30 bits per heavy atom. The van der Waals surface area contributed by atoms with E-state index in [1.54, 1.807) is 41.4 Å². The van der Waals surface area contributed by atoms with Crippen molar-refractivity contribution in [3.05, 3.63) is 84.6 Å². The van der Waals surface area contributed by atoms with Gasteiger partial charge in [-0.3, -0.25) is 4.79 Å². The number of rotatable bonds is 4. The zero-order valence-electron chi connectivity index (χ0n) is 12.2. The fourth-order valence-electron chi connectivity index (χ4n) is 2.15. The van der Waals surface area contributed by atoms with Crippen LogP contribution in [0.4, 0.5) is 4.39 Å². The van der Waals surface area contributed by atoms with Gasteiger partial charge in [0.25, 0.3) is 6.33 Å². The van der Waals surface area contributed by atoms with Crippen LogP contribution in [0.3, 0.4) is 0 Å². The highest BCUT2D eigenvalue weighted by molar-refractivity contribution is 5.94. The van der Waals surface area contributed by atoms with E-state index in [1.807, 2.05) is 24.3 Å². The van der Waals surface area contributed by atoms with Gasteiger partial charge in [0.1, 0.15) is 5.82 Å². The lowest BCUT2D eigenvalue weighted by Gasteiger charge is -2.00. The molecule has 3 rings (SSSR count). The first-order valence-corrected chi connectivity index (χ1v) is 6.92. The van der Waals surface area contributed by atoms with E-state index in [9.17, 15) is 9.18 Å². The van der Waals surface area contributed by atoms with E-state index < -0.39 is 0 Å². The predicted octanol–water partition coefficient (Wildman–Crippen LogP) is 0.0621. The fraction of sp³-hybridized carbons (Fsp3) is 0.0556. The number of nitrogens with zero attached hydrogens (tertiary/aromatic N) is 2. The van der Waals surface area contributed by atoms with Crippen LogP contribution in [-0.2, 0) is 6.54 Å². The molecule has 0 aliphatic carbocycles. The van der Waals surface area contributed by atoms with Gasteiger partial charge in [-0.25, -0.2) is 8.96 Å². The molecule has 0 radical (unpaired) electrons. The maximum absolute atomic E-state index is 12.9. The molecule has 0 amide bonds. The molecule has 0 saturated heterocycles. The zero-order valence-corrected chi connectivity index (χ0v) is 13.8. The van der Waals surface area contributed by atoms with E-state index in [0.717, 1.165) is 11.3 Å². The lowest BCUT2D eigenvalue weighted by molar-refractivity contribution is -0.686. The Bertz CT molecular complexity index is 774. The summed E-state index contributed by atoms with van der Waals surface area (Å²) < 4.78 is 14.6. The first-order valence-electron chi connectivity index (χ1n) is 6.92. The molecular weight excluding hydrogens is 359 g/mol. The summed E-state index contributed by atoms with van der Waals surface area (Å²) in [6.45, 7) is 0.237. The maximum Gasteiger partial charge on any atom is 0.287 e. The second kappa shape index (κ2) is 7.74. The second-order valence-corrected chi connectivity index (χ2v) is 4.91. The third-order valence-corrected chi connectivity index (χ3v) is 3.33. The lowest BCUT2D eigenvalue weighted by atomic mass is 10.1. The molecule has 116 valence electrons. The Hall–Kier alpha value is -2.40. The number of benzene rings is 2. The van der Waals surface area contributed by atoms with Gasteiger partial charge in [0.05, 0.1) is 6.20 Å². The van der Waals surface area contributed by atoms with Gasteiger partial charge in [-0.05, 0) is 29.2 Å². The van der Waals surface area contributed by atoms with Crippen molar-refractivity contribution in [3.8, 4) is 11.3 Å². The normalized spacial score (nSPS) is 9.96. The smallest absolute Gasteiger partial charge is 0.287 e. The number of Topliss-reactive ketones (excluding diaryl/α,β-unsaturated/α-hetero) is 1. The molecule has 5 heteroatoms. The van der Waals surface area contributed by atoms with Crippen LogP contribution in [-0.4, -0.2) is 10.8 Å². The first-order chi connectivity index (χ1) is 10.7. The summed E-state index contributed by atoms with van der Waals surface area (Å²) in [6, 6.07) is 17.1. The molecule has 0 N–H and O–H groups in total. The quantitative estimate of drug-likeness (QED) is 0.479. The fourth-order valence-corrected chi connectivity index (χ4v) is 2.15. The van der Waals surface area contributed by atoms with E-state index in [1.165, 1.54) is 12.1 Å². The molecule has 0 fully saturated rings. The van der Waals surface area contributed by atoms with Crippen LogP contribution >= 0.6 is 0 Å². The number of ketones is 1. The van der Waals surface area contributed by atoms with Crippen LogP contribution in [0.25, 0.3) is 11.3 Å². The van der Waals surface area contributed by atoms with Gasteiger partial charge in [-0.2, -0.15) is 0 Å². The van der Waals surface area contributed by atoms with Gasteiger partial charge in [-0.1, -0.05) is 30.3 Å². The molecule has 0 spiro atoms. The number of aromatic nitrogens is 2. The van der Waals surface area contributed by atoms with Gasteiger partial charge in [0, 0.05) is 17.2 Å². The molecule has 0 aliphatic rings. The van der Waals surface area contributed by atoms with Crippen LogP contribution in [0.2, 0.25) is 0 Å². The number of halogens is 2. The predicted molar refractivity (Wildman–Crippen MR) is 80.6 cm³/mol. The highest BCUT2D eigenvalue weighted by Crippen LogP contribution is 2.15. The minimum Gasteiger partial charge on any atom is -1.00 e. The molecular formula is C18H14BrFN2O. The highest BCUT2D eigenvalue weighted by Gasteiger charge is 2.11. The molecule has 1 heterocycles. The molecule has 0 aliphatic heterocycles. The summed E-state index contributed by atoms with van der Waals surface area (Å²) in [4.78, 5) is 16.4. The van der Waals surface area contributed by atoms with E-state index in [-0.39, 0.29) is 35.1 Å². The van der Waals surface area contributed by atoms with Gasteiger partial charge >= 0.3 is 0 Å². The Kier molecular flexibility index (Phi) is 5.71. The molecule has 1 aromatic heterocycles. The number of carbonyl (C=O) groups excluding carboxylic acids is 1. The molecule has 2 aromatic carbocycles. The molecule has 0 atom stereocenters. The zero-order chi connectivity index (χ0) is 15.4. The molecule has 23 heavy (non-hydrogen) atoms. The summed E-state index contributed by atoms with van der Waals surface area (Å²) in [6.07, 6.45) is 3.41. The summed E-state index contributed by atoms with van der Waals surface area (Å²) in [5.41, 5.74) is 2.25. The van der Waals surface area contributed by atoms with Gasteiger partial charge in [-0.15, -0.1) is 0 Å². The Labute approximate surface area is 144 Å². The van der Waals surface area contributed by atoms with Crippen LogP contribution in [0.15, 0.2) is 73.2 Å². The van der Waals surface area contributed by atoms with Crippen LogP contribution < -0.4 is 21.5 Å². The summed E-state index contributed by atoms with van der Waals surface area (Å²) in [7, 11) is 0. The second-order valence-electron chi connectivity index (χ2n) is 4.91. The molecule has 3 nitrogen and oxygen atoms in total. The van der Waals surface area contributed by atoms with E-state index in [0.29, 0.717) is 5.56 Å². The lowest BCUT2D eigenvalue weighted by Crippen LogP contribution is -3.00. The van der Waals surface area contributed by atoms with Crippen molar-refractivity contribution in [1.82, 2.24) is 4.98 Å². The molecule has 0 unspecified atom stereocenters. The molecule has 0 saturated carbocycles. The summed E-state index contributed by atoms with van der Waals surface area (Å²) in [5, 5.41) is 0. The van der Waals surface area contributed by atoms with E-state index in [4.69, 9.17) is 0 Å². The average molecular weight is 373 g/mol. The van der Waals surface area contributed by atoms with E-state index in [2.05, 4.69) is 4.98 Å². The third-order valence-electron chi connectivity index (χ3n) is 3.33. The monoisotopic (exact) mass is 372 g/mol. The summed E-state index contributed by atoms with van der Waals surface area (Å²) in [5.74, 6) is -0.245. The van der Waals surface area contributed by atoms with Crippen LogP contribution in [0.1, 0.15) is 10.4 Å². The van der Waals surface area contributed by atoms with Crippen molar-refractivity contribution >= 4 is 5.78 Å². The third kappa shape index (κ3) is 4.29. The number of carbonyl (C=O) groups is 1. The minimum absolute atomic E-state index is 0. The highest BCUT2D eigenvalue weighted by atomic mass is 79.9. The average Bonchev–Trinajstić information content (AvgIpc) is 2.57. The summed E-state index contributed by atoms with van der Waals surface area (Å²) >= 11 is 0. The van der Waals surface area contributed by atoms with Gasteiger partial charge < -0.3 is 17.0 Å². The van der Waals surface area contributed by atoms with Crippen molar-refractivity contribution in [1.29, 1.82) is 0 Å². The Morgan fingerprint density at radius 2 is 1.70 bits per heavy atom. The van der Waals surface area contributed by atoms with Crippen molar-refractivity contribution in [2.75, 3.05) is 0 Å². The number of hydrogen-bond donors (Lipinski definition) is 0. The molecule has 3 aromatic rings. The Morgan fingerprint density at radius 1 is 1.00 bits per heavy atom. The SMILES string of the molecule is O=C(C[n+]1ccc(-c2ccc(F)cc2)nc1)c1ccccc1.[Br-]. The maximum atomic E-state index is 12.9. The largest absolute Gasteiger partial charge is 1.00 e. The standard InChI is InChI=1S/C18H14FN2O.BrH/c19-16-8-6-14(7-9-16)17-10-11-21(13-20-17)12-18(22)15-4-2-1-3-5-15;/h1-11,13H,12H2;1H/q+1;/p-1. The van der Waals surface area contributed by atoms with Crippen molar-refractivity contribution in [2.45, 2.75) is 6.54 Å². The van der Waals surface area contributed by atoms with Crippen molar-refractivity contribution in [2.24, 2.45) is 0 Å². The van der Waals surface area contributed by atoms with Crippen molar-refractivity contribution < 1.29 is 30.7 Å². The van der Waals surface area contributed by atoms with Crippen LogP contribution in [0.5, 0.6) is 0 Å². The number of hydrogen-bond acceptors (Lipinski definition) is 2. The first kappa shape index (κ1) is 17.0. The van der Waals surface area contributed by atoms with E-state index >= 15 is 0 Å². The molecule has 0 bridgehead atoms. The van der Waals surface area contributed by atoms with Gasteiger partial charge in [0.2, 0.25) is 5.78 Å². The minimum atomic E-state index is -0.275. The van der Waals surface area contributed by atoms with Crippen molar-refractivity contribution in [3.63, 3.8) is 0 Å². The Balaban J connectivity index is 0.00000192. The van der Waals surface area contributed by atoms with Gasteiger partial charge in [0.15, 0.2) is 12.2 Å². The topological polar surface area (TPSA) is 33.8 Å².